The summed E-state index contributed by atoms with van der Waals surface area (Å²) in [6.07, 6.45) is 0.703. The number of ether oxygens (including phenoxy) is 1. The summed E-state index contributed by atoms with van der Waals surface area (Å²) in [7, 11) is -0.692. The van der Waals surface area contributed by atoms with E-state index in [9.17, 15) is 13.2 Å². The van der Waals surface area contributed by atoms with Crippen LogP contribution in [0, 0.1) is 6.92 Å². The molecule has 0 fully saturated rings. The number of nitrogens with one attached hydrogen (secondary N) is 1. The molecule has 1 aromatic heterocycles. The molecule has 0 aromatic carbocycles. The van der Waals surface area contributed by atoms with Crippen molar-refractivity contribution in [3.05, 3.63) is 17.5 Å². The number of hydrogen-bond acceptors (Lipinski definition) is 4. The maximum atomic E-state index is 12.0. The zero-order valence-electron chi connectivity index (χ0n) is 11.0. The van der Waals surface area contributed by atoms with Crippen LogP contribution in [0.3, 0.4) is 0 Å². The van der Waals surface area contributed by atoms with Gasteiger partial charge in [0, 0.05) is 19.3 Å². The van der Waals surface area contributed by atoms with Crippen LogP contribution in [-0.2, 0) is 21.8 Å². The molecule has 18 heavy (non-hydrogen) atoms. The first-order chi connectivity index (χ1) is 8.35. The minimum atomic E-state index is -3.58. The molecule has 1 N–H and O–H groups in total. The van der Waals surface area contributed by atoms with Gasteiger partial charge < -0.3 is 9.30 Å². The van der Waals surface area contributed by atoms with Crippen molar-refractivity contribution < 1.29 is 17.9 Å². The first-order valence-corrected chi connectivity index (χ1v) is 7.07. The van der Waals surface area contributed by atoms with Crippen LogP contribution in [-0.4, -0.2) is 32.6 Å². The van der Waals surface area contributed by atoms with E-state index in [1.165, 1.54) is 17.7 Å². The van der Waals surface area contributed by atoms with E-state index in [-0.39, 0.29) is 10.6 Å². The van der Waals surface area contributed by atoms with Crippen molar-refractivity contribution in [1.29, 1.82) is 0 Å². The number of rotatable bonds is 5. The Balaban J connectivity index is 3.23. The minimum Gasteiger partial charge on any atom is -0.464 e. The summed E-state index contributed by atoms with van der Waals surface area (Å²) in [5.74, 6) is -0.558. The minimum absolute atomic E-state index is 0.110. The van der Waals surface area contributed by atoms with Gasteiger partial charge in [0.05, 0.1) is 7.11 Å². The molecule has 102 valence electrons. The summed E-state index contributed by atoms with van der Waals surface area (Å²) in [6.45, 7) is 3.89. The van der Waals surface area contributed by atoms with Gasteiger partial charge in [0.15, 0.2) is 0 Å². The Morgan fingerprint density at radius 1 is 1.50 bits per heavy atom. The van der Waals surface area contributed by atoms with E-state index in [1.54, 1.807) is 14.0 Å². The van der Waals surface area contributed by atoms with Crippen molar-refractivity contribution in [3.8, 4) is 0 Å². The highest BCUT2D eigenvalue weighted by atomic mass is 32.2. The van der Waals surface area contributed by atoms with Crippen molar-refractivity contribution in [2.45, 2.75) is 25.2 Å². The number of aromatic nitrogens is 1. The van der Waals surface area contributed by atoms with Crippen LogP contribution in [0.2, 0.25) is 0 Å². The average Bonchev–Trinajstić information content (AvgIpc) is 2.64. The molecule has 0 atom stereocenters. The summed E-state index contributed by atoms with van der Waals surface area (Å²) in [5, 5.41) is 0. The fourth-order valence-corrected chi connectivity index (χ4v) is 2.98. The Kier molecular flexibility index (Phi) is 4.53. The first-order valence-electron chi connectivity index (χ1n) is 5.59. The lowest BCUT2D eigenvalue weighted by Crippen LogP contribution is -2.24. The van der Waals surface area contributed by atoms with E-state index in [0.717, 1.165) is 0 Å². The van der Waals surface area contributed by atoms with Gasteiger partial charge in [-0.25, -0.2) is 17.9 Å². The van der Waals surface area contributed by atoms with Crippen molar-refractivity contribution >= 4 is 16.0 Å². The lowest BCUT2D eigenvalue weighted by Gasteiger charge is -2.05. The van der Waals surface area contributed by atoms with E-state index in [1.807, 2.05) is 6.92 Å². The van der Waals surface area contributed by atoms with Gasteiger partial charge in [-0.1, -0.05) is 6.92 Å². The molecule has 1 aromatic rings. The fraction of sp³-hybridized carbons (Fsp3) is 0.545. The summed E-state index contributed by atoms with van der Waals surface area (Å²) in [4.78, 5) is 11.6. The third-order valence-electron chi connectivity index (χ3n) is 2.72. The summed E-state index contributed by atoms with van der Waals surface area (Å²) in [6, 6.07) is 1.33. The number of methoxy groups -OCH3 is 1. The molecule has 0 saturated carbocycles. The van der Waals surface area contributed by atoms with Crippen LogP contribution in [0.5, 0.6) is 0 Å². The SMILES string of the molecule is CCCNS(=O)(=O)c1cc(C(=O)OC)n(C)c1C. The second-order valence-electron chi connectivity index (χ2n) is 3.93. The maximum Gasteiger partial charge on any atom is 0.354 e. The Morgan fingerprint density at radius 3 is 2.61 bits per heavy atom. The molecule has 0 aliphatic rings. The Bertz CT molecular complexity index is 546. The molecule has 0 spiro atoms. The average molecular weight is 274 g/mol. The highest BCUT2D eigenvalue weighted by Gasteiger charge is 2.24. The largest absolute Gasteiger partial charge is 0.464 e. The molecule has 0 radical (unpaired) electrons. The quantitative estimate of drug-likeness (QED) is 0.806. The zero-order chi connectivity index (χ0) is 13.9. The van der Waals surface area contributed by atoms with Gasteiger partial charge in [-0.05, 0) is 19.4 Å². The van der Waals surface area contributed by atoms with Crippen LogP contribution in [0.4, 0.5) is 0 Å². The monoisotopic (exact) mass is 274 g/mol. The summed E-state index contributed by atoms with van der Waals surface area (Å²) >= 11 is 0. The maximum absolute atomic E-state index is 12.0. The molecular formula is C11H18N2O4S. The van der Waals surface area contributed by atoms with Gasteiger partial charge in [-0.3, -0.25) is 0 Å². The van der Waals surface area contributed by atoms with E-state index in [2.05, 4.69) is 9.46 Å². The fourth-order valence-electron chi connectivity index (χ4n) is 1.56. The van der Waals surface area contributed by atoms with E-state index < -0.39 is 16.0 Å². The summed E-state index contributed by atoms with van der Waals surface area (Å²) in [5.41, 5.74) is 0.714. The van der Waals surface area contributed by atoms with E-state index in [4.69, 9.17) is 0 Å². The normalized spacial score (nSPS) is 11.6. The van der Waals surface area contributed by atoms with Crippen LogP contribution >= 0.6 is 0 Å². The van der Waals surface area contributed by atoms with E-state index in [0.29, 0.717) is 18.7 Å². The van der Waals surface area contributed by atoms with Crippen molar-refractivity contribution in [1.82, 2.24) is 9.29 Å². The number of hydrogen-bond donors (Lipinski definition) is 1. The molecular weight excluding hydrogens is 256 g/mol. The van der Waals surface area contributed by atoms with Crippen LogP contribution < -0.4 is 4.72 Å². The van der Waals surface area contributed by atoms with Gasteiger partial charge in [-0.15, -0.1) is 0 Å². The Hall–Kier alpha value is -1.34. The first kappa shape index (κ1) is 14.7. The highest BCUT2D eigenvalue weighted by Crippen LogP contribution is 2.19. The zero-order valence-corrected chi connectivity index (χ0v) is 11.8. The number of sulfonamides is 1. The van der Waals surface area contributed by atoms with Gasteiger partial charge in [0.2, 0.25) is 10.0 Å². The van der Waals surface area contributed by atoms with Crippen LogP contribution in [0.15, 0.2) is 11.0 Å². The molecule has 0 saturated heterocycles. The molecule has 0 aliphatic carbocycles. The Morgan fingerprint density at radius 2 is 2.11 bits per heavy atom. The number of esters is 1. The number of nitrogens with zero attached hydrogens (tertiary/aromatic N) is 1. The lowest BCUT2D eigenvalue weighted by molar-refractivity contribution is 0.0589. The van der Waals surface area contributed by atoms with E-state index >= 15 is 0 Å². The summed E-state index contributed by atoms with van der Waals surface area (Å²) < 4.78 is 32.6. The predicted molar refractivity (Wildman–Crippen MR) is 67.0 cm³/mol. The molecule has 0 unspecified atom stereocenters. The second kappa shape index (κ2) is 5.53. The molecule has 0 bridgehead atoms. The second-order valence-corrected chi connectivity index (χ2v) is 5.66. The van der Waals surface area contributed by atoms with Gasteiger partial charge in [0.25, 0.3) is 0 Å². The van der Waals surface area contributed by atoms with Crippen molar-refractivity contribution in [3.63, 3.8) is 0 Å². The molecule has 0 aliphatic heterocycles. The third-order valence-corrected chi connectivity index (χ3v) is 4.29. The molecule has 7 heteroatoms. The molecule has 1 heterocycles. The third kappa shape index (κ3) is 2.73. The lowest BCUT2D eigenvalue weighted by atomic mass is 10.4. The topological polar surface area (TPSA) is 77.4 Å². The van der Waals surface area contributed by atoms with Gasteiger partial charge in [-0.2, -0.15) is 0 Å². The smallest absolute Gasteiger partial charge is 0.354 e. The Labute approximate surface area is 107 Å². The van der Waals surface area contributed by atoms with Gasteiger partial charge >= 0.3 is 5.97 Å². The number of carbonyl (C=O) groups is 1. The standard InChI is InChI=1S/C11H18N2O4S/c1-5-6-12-18(15,16)10-7-9(11(14)17-4)13(3)8(10)2/h7,12H,5-6H2,1-4H3. The molecule has 0 amide bonds. The highest BCUT2D eigenvalue weighted by molar-refractivity contribution is 7.89. The predicted octanol–water partition coefficient (Wildman–Crippen LogP) is 0.808. The van der Waals surface area contributed by atoms with Crippen LogP contribution in [0.25, 0.3) is 0 Å². The molecule has 1 rings (SSSR count). The van der Waals surface area contributed by atoms with Crippen molar-refractivity contribution in [2.24, 2.45) is 7.05 Å². The number of carbonyl (C=O) groups excluding carboxylic acids is 1. The molecule has 6 nitrogen and oxygen atoms in total. The van der Waals surface area contributed by atoms with Crippen molar-refractivity contribution in [2.75, 3.05) is 13.7 Å². The van der Waals surface area contributed by atoms with Crippen LogP contribution in [0.1, 0.15) is 29.5 Å². The van der Waals surface area contributed by atoms with Gasteiger partial charge in [0.1, 0.15) is 10.6 Å².